The molecule has 0 spiro atoms. The molecule has 0 rings (SSSR count). The van der Waals surface area contributed by atoms with Crippen LogP contribution in [0.1, 0.15) is 168 Å². The summed E-state index contributed by atoms with van der Waals surface area (Å²) in [5.74, 6) is -0.335. The number of carbonyl (C=O) groups excluding carboxylic acids is 1. The fourth-order valence-electron chi connectivity index (χ4n) is 5.19. The number of ether oxygens (including phenoxy) is 2. The Morgan fingerprint density at radius 2 is 1.02 bits per heavy atom. The average Bonchev–Trinajstić information content (AvgIpc) is 2.98. The smallest absolute Gasteiger partial charge is 0.306 e. The van der Waals surface area contributed by atoms with Gasteiger partial charge in [-0.15, -0.1) is 0 Å². The number of hydrogen-bond acceptors (Lipinski definition) is 7. The van der Waals surface area contributed by atoms with Crippen molar-refractivity contribution in [3.63, 3.8) is 0 Å². The lowest BCUT2D eigenvalue weighted by Crippen LogP contribution is -2.37. The molecular formula is C36H74NO7P. The highest BCUT2D eigenvalue weighted by Gasteiger charge is 2.20. The van der Waals surface area contributed by atoms with Gasteiger partial charge in [-0.05, 0) is 12.8 Å². The van der Waals surface area contributed by atoms with Crippen molar-refractivity contribution in [3.8, 4) is 0 Å². The largest absolute Gasteiger partial charge is 0.756 e. The third kappa shape index (κ3) is 34.6. The van der Waals surface area contributed by atoms with Crippen molar-refractivity contribution in [2.24, 2.45) is 0 Å². The highest BCUT2D eigenvalue weighted by atomic mass is 31.2. The Kier molecular flexibility index (Phi) is 30.5. The first-order valence-electron chi connectivity index (χ1n) is 18.8. The van der Waals surface area contributed by atoms with Crippen molar-refractivity contribution < 1.29 is 37.3 Å². The van der Waals surface area contributed by atoms with Crippen LogP contribution in [-0.4, -0.2) is 70.7 Å². The van der Waals surface area contributed by atoms with E-state index < -0.39 is 13.9 Å². The number of nitrogens with zero attached hydrogens (tertiary/aromatic N) is 1. The van der Waals surface area contributed by atoms with E-state index in [1.165, 1.54) is 116 Å². The molecule has 1 unspecified atom stereocenters. The van der Waals surface area contributed by atoms with Crippen LogP contribution >= 0.6 is 7.82 Å². The van der Waals surface area contributed by atoms with Gasteiger partial charge in [-0.25, -0.2) is 0 Å². The van der Waals surface area contributed by atoms with Crippen LogP contribution in [0.5, 0.6) is 0 Å². The second kappa shape index (κ2) is 30.8. The zero-order valence-electron chi connectivity index (χ0n) is 30.3. The summed E-state index contributed by atoms with van der Waals surface area (Å²) in [7, 11) is 1.37. The molecule has 8 nitrogen and oxygen atoms in total. The molecule has 0 saturated heterocycles. The second-order valence-electron chi connectivity index (χ2n) is 14.0. The topological polar surface area (TPSA) is 94.1 Å². The lowest BCUT2D eigenvalue weighted by Gasteiger charge is -2.28. The normalized spacial score (nSPS) is 14.0. The quantitative estimate of drug-likeness (QED) is 0.0288. The predicted molar refractivity (Wildman–Crippen MR) is 185 cm³/mol. The van der Waals surface area contributed by atoms with Crippen molar-refractivity contribution in [1.29, 1.82) is 0 Å². The maximum Gasteiger partial charge on any atom is 0.306 e. The maximum atomic E-state index is 12.5. The van der Waals surface area contributed by atoms with Crippen LogP contribution in [-0.2, 0) is 27.9 Å². The van der Waals surface area contributed by atoms with Crippen LogP contribution in [0.3, 0.4) is 0 Å². The van der Waals surface area contributed by atoms with Crippen molar-refractivity contribution >= 4 is 13.8 Å². The zero-order chi connectivity index (χ0) is 33.5. The summed E-state index contributed by atoms with van der Waals surface area (Å²) in [6, 6.07) is 0. The van der Waals surface area contributed by atoms with Crippen molar-refractivity contribution in [2.45, 2.75) is 174 Å². The standard InChI is InChI=1S/C36H74NO7P/c1-6-8-10-12-14-16-17-18-19-20-22-24-26-28-31-41-33-35(34-43-45(39,40)42-32-30-37(3,4)5)44-36(38)29-27-25-23-21-15-13-11-9-7-2/h35H,6-34H2,1-5H3/t35-/m1/s1. The molecule has 0 aromatic heterocycles. The summed E-state index contributed by atoms with van der Waals surface area (Å²) in [6.45, 7) is 5.41. The fourth-order valence-corrected chi connectivity index (χ4v) is 5.92. The van der Waals surface area contributed by atoms with Crippen LogP contribution in [0.25, 0.3) is 0 Å². The molecule has 0 aromatic rings. The van der Waals surface area contributed by atoms with E-state index in [0.29, 0.717) is 24.1 Å². The summed E-state index contributed by atoms with van der Waals surface area (Å²) in [5.41, 5.74) is 0. The van der Waals surface area contributed by atoms with E-state index in [1.54, 1.807) is 0 Å². The minimum atomic E-state index is -4.50. The zero-order valence-corrected chi connectivity index (χ0v) is 31.2. The Morgan fingerprint density at radius 3 is 1.47 bits per heavy atom. The molecule has 0 aromatic carbocycles. The molecular weight excluding hydrogens is 589 g/mol. The van der Waals surface area contributed by atoms with Crippen LogP contribution < -0.4 is 4.89 Å². The average molecular weight is 664 g/mol. The molecule has 0 aliphatic heterocycles. The summed E-state index contributed by atoms with van der Waals surface area (Å²) in [6.07, 6.45) is 28.2. The number of hydrogen-bond donors (Lipinski definition) is 0. The number of esters is 1. The first-order valence-corrected chi connectivity index (χ1v) is 20.2. The van der Waals surface area contributed by atoms with Crippen LogP contribution in [0.2, 0.25) is 0 Å². The first-order chi connectivity index (χ1) is 21.6. The van der Waals surface area contributed by atoms with Gasteiger partial charge >= 0.3 is 5.97 Å². The van der Waals surface area contributed by atoms with Gasteiger partial charge in [0.2, 0.25) is 0 Å². The van der Waals surface area contributed by atoms with Gasteiger partial charge < -0.3 is 27.9 Å². The number of carbonyl (C=O) groups is 1. The molecule has 0 saturated carbocycles. The van der Waals surface area contributed by atoms with Crippen LogP contribution in [0.4, 0.5) is 0 Å². The molecule has 0 amide bonds. The second-order valence-corrected chi connectivity index (χ2v) is 15.4. The van der Waals surface area contributed by atoms with Crippen molar-refractivity contribution in [3.05, 3.63) is 0 Å². The van der Waals surface area contributed by atoms with E-state index in [-0.39, 0.29) is 25.8 Å². The molecule has 270 valence electrons. The minimum absolute atomic E-state index is 0.0307. The summed E-state index contributed by atoms with van der Waals surface area (Å²) >= 11 is 0. The molecule has 0 bridgehead atoms. The number of phosphoric acid groups is 1. The minimum Gasteiger partial charge on any atom is -0.756 e. The Bertz CT molecular complexity index is 701. The van der Waals surface area contributed by atoms with Crippen molar-refractivity contribution in [2.75, 3.05) is 54.1 Å². The summed E-state index contributed by atoms with van der Waals surface area (Å²) in [4.78, 5) is 24.8. The van der Waals surface area contributed by atoms with Crippen molar-refractivity contribution in [1.82, 2.24) is 0 Å². The first kappa shape index (κ1) is 44.5. The molecule has 0 aliphatic rings. The van der Waals surface area contributed by atoms with Gasteiger partial charge in [0, 0.05) is 13.0 Å². The summed E-state index contributed by atoms with van der Waals surface area (Å²) in [5, 5.41) is 0. The Labute approximate surface area is 278 Å². The molecule has 0 heterocycles. The van der Waals surface area contributed by atoms with E-state index in [0.717, 1.165) is 32.1 Å². The molecule has 9 heteroatoms. The van der Waals surface area contributed by atoms with Gasteiger partial charge in [0.05, 0.1) is 34.4 Å². The number of rotatable bonds is 35. The van der Waals surface area contributed by atoms with Gasteiger partial charge in [-0.1, -0.05) is 149 Å². The van der Waals surface area contributed by atoms with E-state index in [2.05, 4.69) is 13.8 Å². The van der Waals surface area contributed by atoms with Crippen LogP contribution in [0.15, 0.2) is 0 Å². The number of quaternary nitrogens is 1. The third-order valence-corrected chi connectivity index (χ3v) is 9.12. The summed E-state index contributed by atoms with van der Waals surface area (Å²) < 4.78 is 34.4. The number of likely N-dealkylation sites (N-methyl/N-ethyl adjacent to an activating group) is 1. The molecule has 0 aliphatic carbocycles. The van der Waals surface area contributed by atoms with E-state index in [4.69, 9.17) is 18.5 Å². The molecule has 0 N–H and O–H groups in total. The Morgan fingerprint density at radius 1 is 0.600 bits per heavy atom. The van der Waals surface area contributed by atoms with Gasteiger partial charge in [0.25, 0.3) is 7.82 Å². The van der Waals surface area contributed by atoms with Gasteiger partial charge in [-0.3, -0.25) is 9.36 Å². The number of phosphoric ester groups is 1. The molecule has 2 atom stereocenters. The SMILES string of the molecule is CCCCCCCCCCCCCCCCOC[C@H](COP(=O)([O-])OCC[N+](C)(C)C)OC(=O)CCCCCCCCCCC. The lowest BCUT2D eigenvalue weighted by atomic mass is 10.0. The highest BCUT2D eigenvalue weighted by molar-refractivity contribution is 7.45. The Balaban J connectivity index is 4.24. The van der Waals surface area contributed by atoms with Crippen LogP contribution in [0, 0.1) is 0 Å². The van der Waals surface area contributed by atoms with E-state index in [9.17, 15) is 14.3 Å². The molecule has 45 heavy (non-hydrogen) atoms. The molecule has 0 fully saturated rings. The third-order valence-electron chi connectivity index (χ3n) is 8.16. The monoisotopic (exact) mass is 664 g/mol. The van der Waals surface area contributed by atoms with E-state index in [1.807, 2.05) is 21.1 Å². The number of unbranched alkanes of at least 4 members (excludes halogenated alkanes) is 21. The van der Waals surface area contributed by atoms with E-state index >= 15 is 0 Å². The predicted octanol–water partition coefficient (Wildman–Crippen LogP) is 9.52. The lowest BCUT2D eigenvalue weighted by molar-refractivity contribution is -0.870. The Hall–Kier alpha value is -0.500. The highest BCUT2D eigenvalue weighted by Crippen LogP contribution is 2.38. The van der Waals surface area contributed by atoms with Gasteiger partial charge in [0.15, 0.2) is 0 Å². The molecule has 0 radical (unpaired) electrons. The van der Waals surface area contributed by atoms with Gasteiger partial charge in [-0.2, -0.15) is 0 Å². The van der Waals surface area contributed by atoms with Gasteiger partial charge in [0.1, 0.15) is 19.3 Å². The fraction of sp³-hybridized carbons (Fsp3) is 0.972. The maximum absolute atomic E-state index is 12.5.